The van der Waals surface area contributed by atoms with Gasteiger partial charge in [-0.15, -0.1) is 11.8 Å². The Morgan fingerprint density at radius 2 is 2.27 bits per heavy atom. The van der Waals surface area contributed by atoms with Crippen molar-refractivity contribution in [1.82, 2.24) is 0 Å². The molecule has 0 atom stereocenters. The Bertz CT molecular complexity index is 415. The van der Waals surface area contributed by atoms with Crippen molar-refractivity contribution in [2.24, 2.45) is 5.16 Å². The number of nitrogens with zero attached hydrogens (tertiary/aromatic N) is 1. The van der Waals surface area contributed by atoms with Gasteiger partial charge in [0.2, 0.25) is 0 Å². The molecule has 0 amide bonds. The highest BCUT2D eigenvalue weighted by Gasteiger charge is 2.15. The average molecular weight is 221 g/mol. The number of carbonyl (C=O) groups excluding carboxylic acids is 1. The van der Waals surface area contributed by atoms with Gasteiger partial charge in [0, 0.05) is 29.6 Å². The lowest BCUT2D eigenvalue weighted by atomic mass is 10.1. The van der Waals surface area contributed by atoms with Crippen LogP contribution >= 0.6 is 11.8 Å². The van der Waals surface area contributed by atoms with Crippen molar-refractivity contribution in [2.75, 3.05) is 5.75 Å². The number of benzene rings is 1. The molecule has 0 fully saturated rings. The largest absolute Gasteiger partial charge is 0.331 e. The highest BCUT2D eigenvalue weighted by molar-refractivity contribution is 7.99. The number of hydrogen-bond acceptors (Lipinski definition) is 4. The van der Waals surface area contributed by atoms with Crippen molar-refractivity contribution < 1.29 is 9.63 Å². The van der Waals surface area contributed by atoms with E-state index in [1.54, 1.807) is 11.8 Å². The van der Waals surface area contributed by atoms with Gasteiger partial charge >= 0.3 is 5.97 Å². The molecule has 0 spiro atoms. The Hall–Kier alpha value is -1.29. The van der Waals surface area contributed by atoms with Crippen molar-refractivity contribution in [1.29, 1.82) is 0 Å². The maximum Gasteiger partial charge on any atom is 0.331 e. The van der Waals surface area contributed by atoms with Gasteiger partial charge < -0.3 is 4.84 Å². The van der Waals surface area contributed by atoms with Crippen molar-refractivity contribution in [2.45, 2.75) is 18.2 Å². The summed E-state index contributed by atoms with van der Waals surface area (Å²) in [5, 5.41) is 3.88. The van der Waals surface area contributed by atoms with Crippen LogP contribution in [0.2, 0.25) is 0 Å². The molecule has 0 unspecified atom stereocenters. The summed E-state index contributed by atoms with van der Waals surface area (Å²) >= 11 is 1.81. The third kappa shape index (κ3) is 2.39. The second-order valence-electron chi connectivity index (χ2n) is 3.22. The molecule has 0 aromatic heterocycles. The standard InChI is InChI=1S/C11H11NO2S/c1-8(13)14-12-10-6-7-15-11-5-3-2-4-9(10)11/h2-5H,6-7H2,1H3/b12-10+. The van der Waals surface area contributed by atoms with Gasteiger partial charge in [-0.2, -0.15) is 0 Å². The first kappa shape index (κ1) is 10.2. The van der Waals surface area contributed by atoms with Crippen LogP contribution in [0, 0.1) is 0 Å². The minimum atomic E-state index is -0.377. The molecule has 4 heteroatoms. The lowest BCUT2D eigenvalue weighted by molar-refractivity contribution is -0.140. The third-order valence-electron chi connectivity index (χ3n) is 2.08. The molecule has 0 bridgehead atoms. The molecule has 0 saturated carbocycles. The van der Waals surface area contributed by atoms with E-state index in [9.17, 15) is 4.79 Å². The zero-order valence-corrected chi connectivity index (χ0v) is 9.21. The summed E-state index contributed by atoms with van der Waals surface area (Å²) in [5.74, 6) is 0.607. The molecule has 0 N–H and O–H groups in total. The summed E-state index contributed by atoms with van der Waals surface area (Å²) < 4.78 is 0. The number of thioether (sulfide) groups is 1. The van der Waals surface area contributed by atoms with E-state index in [0.717, 1.165) is 23.4 Å². The van der Waals surface area contributed by atoms with Crippen LogP contribution in [-0.2, 0) is 9.63 Å². The minimum absolute atomic E-state index is 0.377. The summed E-state index contributed by atoms with van der Waals surface area (Å²) in [6.07, 6.45) is 0.842. The van der Waals surface area contributed by atoms with Crippen LogP contribution in [0.1, 0.15) is 18.9 Å². The zero-order chi connectivity index (χ0) is 10.7. The van der Waals surface area contributed by atoms with Crippen molar-refractivity contribution >= 4 is 23.4 Å². The van der Waals surface area contributed by atoms with E-state index in [0.29, 0.717) is 0 Å². The summed E-state index contributed by atoms with van der Waals surface area (Å²) in [4.78, 5) is 16.5. The fourth-order valence-corrected chi connectivity index (χ4v) is 2.47. The Morgan fingerprint density at radius 3 is 3.07 bits per heavy atom. The summed E-state index contributed by atoms with van der Waals surface area (Å²) in [5.41, 5.74) is 1.94. The number of hydrogen-bond donors (Lipinski definition) is 0. The Labute approximate surface area is 92.5 Å². The van der Waals surface area contributed by atoms with Crippen LogP contribution in [0.5, 0.6) is 0 Å². The molecule has 0 radical (unpaired) electrons. The highest BCUT2D eigenvalue weighted by Crippen LogP contribution is 2.29. The monoisotopic (exact) mass is 221 g/mol. The Balaban J connectivity index is 2.29. The fourth-order valence-electron chi connectivity index (χ4n) is 1.44. The van der Waals surface area contributed by atoms with Crippen LogP contribution in [-0.4, -0.2) is 17.4 Å². The molecule has 78 valence electrons. The van der Waals surface area contributed by atoms with Crippen LogP contribution in [0.15, 0.2) is 34.3 Å². The smallest absolute Gasteiger partial charge is 0.318 e. The molecule has 1 heterocycles. The number of fused-ring (bicyclic) bond motifs is 1. The number of carbonyl (C=O) groups is 1. The summed E-state index contributed by atoms with van der Waals surface area (Å²) in [6.45, 7) is 1.35. The summed E-state index contributed by atoms with van der Waals surface area (Å²) in [6, 6.07) is 8.03. The van der Waals surface area contributed by atoms with Crippen molar-refractivity contribution in [3.8, 4) is 0 Å². The summed E-state index contributed by atoms with van der Waals surface area (Å²) in [7, 11) is 0. The van der Waals surface area contributed by atoms with Crippen LogP contribution in [0.4, 0.5) is 0 Å². The maximum absolute atomic E-state index is 10.7. The SMILES string of the molecule is CC(=O)O/N=C1\CCSc2ccccc21. The van der Waals surface area contributed by atoms with E-state index in [-0.39, 0.29) is 5.97 Å². The molecule has 1 aromatic rings. The van der Waals surface area contributed by atoms with Crippen LogP contribution in [0.3, 0.4) is 0 Å². The van der Waals surface area contributed by atoms with Gasteiger partial charge in [-0.3, -0.25) is 0 Å². The quantitative estimate of drug-likeness (QED) is 0.540. The topological polar surface area (TPSA) is 38.7 Å². The first-order valence-electron chi connectivity index (χ1n) is 4.74. The lowest BCUT2D eigenvalue weighted by Crippen LogP contribution is -2.10. The van der Waals surface area contributed by atoms with Crippen molar-refractivity contribution in [3.63, 3.8) is 0 Å². The van der Waals surface area contributed by atoms with Gasteiger partial charge in [-0.1, -0.05) is 23.4 Å². The third-order valence-corrected chi connectivity index (χ3v) is 3.15. The normalized spacial score (nSPS) is 17.3. The molecule has 0 aliphatic carbocycles. The molecule has 1 aliphatic heterocycles. The maximum atomic E-state index is 10.7. The van der Waals surface area contributed by atoms with E-state index in [2.05, 4.69) is 16.1 Å². The van der Waals surface area contributed by atoms with Gasteiger partial charge in [0.15, 0.2) is 0 Å². The van der Waals surface area contributed by atoms with Crippen LogP contribution < -0.4 is 0 Å². The molecular formula is C11H11NO2S. The van der Waals surface area contributed by atoms with E-state index < -0.39 is 0 Å². The lowest BCUT2D eigenvalue weighted by Gasteiger charge is -2.15. The molecule has 3 nitrogen and oxygen atoms in total. The first-order valence-corrected chi connectivity index (χ1v) is 5.72. The number of oxime groups is 1. The predicted octanol–water partition coefficient (Wildman–Crippen LogP) is 2.45. The second-order valence-corrected chi connectivity index (χ2v) is 4.35. The first-order chi connectivity index (χ1) is 7.27. The molecule has 0 saturated heterocycles. The van der Waals surface area contributed by atoms with Gasteiger partial charge in [0.25, 0.3) is 0 Å². The molecule has 2 rings (SSSR count). The van der Waals surface area contributed by atoms with Gasteiger partial charge in [-0.05, 0) is 6.07 Å². The Morgan fingerprint density at radius 1 is 1.47 bits per heavy atom. The average Bonchev–Trinajstić information content (AvgIpc) is 2.26. The van der Waals surface area contributed by atoms with Gasteiger partial charge in [0.1, 0.15) is 0 Å². The zero-order valence-electron chi connectivity index (χ0n) is 8.40. The van der Waals surface area contributed by atoms with Gasteiger partial charge in [-0.25, -0.2) is 4.79 Å². The molecular weight excluding hydrogens is 210 g/mol. The fraction of sp³-hybridized carbons (Fsp3) is 0.273. The molecule has 1 aromatic carbocycles. The van der Waals surface area contributed by atoms with E-state index in [1.807, 2.05) is 18.2 Å². The Kier molecular flexibility index (Phi) is 3.06. The molecule has 1 aliphatic rings. The van der Waals surface area contributed by atoms with Gasteiger partial charge in [0.05, 0.1) is 5.71 Å². The van der Waals surface area contributed by atoms with Crippen molar-refractivity contribution in [3.05, 3.63) is 29.8 Å². The number of rotatable bonds is 1. The second kappa shape index (κ2) is 4.49. The van der Waals surface area contributed by atoms with E-state index >= 15 is 0 Å². The van der Waals surface area contributed by atoms with E-state index in [1.165, 1.54) is 11.8 Å². The predicted molar refractivity (Wildman–Crippen MR) is 60.1 cm³/mol. The molecule has 15 heavy (non-hydrogen) atoms. The van der Waals surface area contributed by atoms with E-state index in [4.69, 9.17) is 0 Å². The highest BCUT2D eigenvalue weighted by atomic mass is 32.2. The minimum Gasteiger partial charge on any atom is -0.318 e. The van der Waals surface area contributed by atoms with Crippen LogP contribution in [0.25, 0.3) is 0 Å².